The van der Waals surface area contributed by atoms with E-state index in [-0.39, 0.29) is 11.5 Å². The lowest BCUT2D eigenvalue weighted by molar-refractivity contribution is 0.102. The lowest BCUT2D eigenvalue weighted by atomic mass is 10.1. The van der Waals surface area contributed by atoms with Gasteiger partial charge in [0.1, 0.15) is 11.4 Å². The van der Waals surface area contributed by atoms with Crippen molar-refractivity contribution in [1.29, 1.82) is 0 Å². The van der Waals surface area contributed by atoms with Crippen molar-refractivity contribution in [1.82, 2.24) is 30.1 Å². The molecule has 0 saturated heterocycles. The summed E-state index contributed by atoms with van der Waals surface area (Å²) in [4.78, 5) is 29.7. The molecular weight excluding hydrogens is 439 g/mol. The van der Waals surface area contributed by atoms with E-state index in [0.717, 1.165) is 21.5 Å². The number of halogens is 1. The van der Waals surface area contributed by atoms with Gasteiger partial charge in [-0.25, -0.2) is 9.37 Å². The minimum atomic E-state index is -0.491. The second-order valence-corrected chi connectivity index (χ2v) is 8.61. The number of ketones is 1. The van der Waals surface area contributed by atoms with Crippen molar-refractivity contribution in [3.63, 3.8) is 0 Å². The molecule has 0 radical (unpaired) electrons. The number of rotatable bonds is 4. The van der Waals surface area contributed by atoms with E-state index < -0.39 is 5.82 Å². The Hall–Kier alpha value is -4.24. The van der Waals surface area contributed by atoms with Crippen LogP contribution in [0.1, 0.15) is 16.6 Å². The third-order valence-electron chi connectivity index (χ3n) is 5.43. The van der Waals surface area contributed by atoms with Crippen LogP contribution in [0.15, 0.2) is 61.1 Å². The Balaban J connectivity index is 1.52. The number of Topliss-reactive ketones (excluding diaryl/α,β-unsaturated/α-hetero) is 1. The number of carbonyl (C=O) groups is 1. The number of hydrogen-bond acceptors (Lipinski definition) is 6. The van der Waals surface area contributed by atoms with Crippen LogP contribution in [0.3, 0.4) is 0 Å². The van der Waals surface area contributed by atoms with Crippen LogP contribution in [0.5, 0.6) is 0 Å². The maximum Gasteiger partial charge on any atom is 0.169 e. The number of aromatic nitrogens is 6. The van der Waals surface area contributed by atoms with Gasteiger partial charge in [-0.15, -0.1) is 11.3 Å². The Kier molecular flexibility index (Phi) is 4.37. The van der Waals surface area contributed by atoms with Gasteiger partial charge in [0.25, 0.3) is 0 Å². The van der Waals surface area contributed by atoms with Crippen molar-refractivity contribution in [3.05, 3.63) is 71.7 Å². The summed E-state index contributed by atoms with van der Waals surface area (Å²) in [6.45, 7) is 1.55. The van der Waals surface area contributed by atoms with Crippen LogP contribution in [-0.2, 0) is 0 Å². The standard InChI is InChI=1S/C24H15FN6OS/c1-12(32)17-7-8-18(33-17)14-5-2-6-15-22(14)29-24(28-15)23-19-16(30-31-23)11-27-21(20(19)25)13-4-3-9-26-10-13/h2-11H,1H3,(H,28,29)(H,30,31). The van der Waals surface area contributed by atoms with Gasteiger partial charge in [0.2, 0.25) is 0 Å². The van der Waals surface area contributed by atoms with Crippen molar-refractivity contribution in [3.8, 4) is 33.2 Å². The van der Waals surface area contributed by atoms with Crippen molar-refractivity contribution in [2.24, 2.45) is 0 Å². The number of carbonyl (C=O) groups excluding carboxylic acids is 1. The third kappa shape index (κ3) is 3.13. The van der Waals surface area contributed by atoms with Crippen molar-refractivity contribution in [2.75, 3.05) is 0 Å². The fraction of sp³-hybridized carbons (Fsp3) is 0.0417. The normalized spacial score (nSPS) is 11.5. The van der Waals surface area contributed by atoms with Crippen molar-refractivity contribution < 1.29 is 9.18 Å². The van der Waals surface area contributed by atoms with Gasteiger partial charge in [0.05, 0.1) is 33.0 Å². The van der Waals surface area contributed by atoms with Crippen LogP contribution >= 0.6 is 11.3 Å². The van der Waals surface area contributed by atoms with E-state index in [0.29, 0.717) is 32.9 Å². The third-order valence-corrected chi connectivity index (χ3v) is 6.65. The first-order chi connectivity index (χ1) is 16.1. The molecule has 0 bridgehead atoms. The molecule has 5 heterocycles. The van der Waals surface area contributed by atoms with Gasteiger partial charge in [-0.2, -0.15) is 5.10 Å². The van der Waals surface area contributed by atoms with Crippen LogP contribution in [-0.4, -0.2) is 35.9 Å². The average Bonchev–Trinajstić information content (AvgIpc) is 3.57. The highest BCUT2D eigenvalue weighted by molar-refractivity contribution is 7.17. The molecule has 0 aliphatic rings. The molecule has 0 aliphatic carbocycles. The van der Waals surface area contributed by atoms with E-state index in [4.69, 9.17) is 4.98 Å². The minimum Gasteiger partial charge on any atom is -0.337 e. The lowest BCUT2D eigenvalue weighted by Gasteiger charge is -2.03. The fourth-order valence-electron chi connectivity index (χ4n) is 3.87. The fourth-order valence-corrected chi connectivity index (χ4v) is 4.79. The number of pyridine rings is 2. The molecule has 6 aromatic rings. The predicted octanol–water partition coefficient (Wildman–Crippen LogP) is 5.63. The van der Waals surface area contributed by atoms with Gasteiger partial charge in [-0.1, -0.05) is 12.1 Å². The van der Waals surface area contributed by atoms with E-state index in [1.54, 1.807) is 37.6 Å². The van der Waals surface area contributed by atoms with E-state index in [1.165, 1.54) is 11.3 Å². The summed E-state index contributed by atoms with van der Waals surface area (Å²) >= 11 is 1.42. The molecule has 0 spiro atoms. The zero-order valence-electron chi connectivity index (χ0n) is 17.3. The molecule has 1 aromatic carbocycles. The van der Waals surface area contributed by atoms with Crippen LogP contribution in [0, 0.1) is 5.82 Å². The second kappa shape index (κ2) is 7.42. The first-order valence-corrected chi connectivity index (χ1v) is 10.9. The van der Waals surface area contributed by atoms with E-state index in [1.807, 2.05) is 30.3 Å². The Morgan fingerprint density at radius 2 is 1.94 bits per heavy atom. The van der Waals surface area contributed by atoms with Gasteiger partial charge < -0.3 is 4.98 Å². The molecule has 0 amide bonds. The smallest absolute Gasteiger partial charge is 0.169 e. The number of imidazole rings is 1. The maximum absolute atomic E-state index is 15.6. The summed E-state index contributed by atoms with van der Waals surface area (Å²) < 4.78 is 15.6. The monoisotopic (exact) mass is 454 g/mol. The largest absolute Gasteiger partial charge is 0.337 e. The molecule has 0 aliphatic heterocycles. The van der Waals surface area contributed by atoms with Gasteiger partial charge in [0, 0.05) is 28.4 Å². The molecule has 7 nitrogen and oxygen atoms in total. The molecule has 160 valence electrons. The number of nitrogens with zero attached hydrogens (tertiary/aromatic N) is 4. The molecule has 0 saturated carbocycles. The molecule has 6 rings (SSSR count). The van der Waals surface area contributed by atoms with E-state index >= 15 is 4.39 Å². The zero-order chi connectivity index (χ0) is 22.5. The van der Waals surface area contributed by atoms with Crippen LogP contribution in [0.2, 0.25) is 0 Å². The van der Waals surface area contributed by atoms with E-state index in [9.17, 15) is 4.79 Å². The number of nitrogens with one attached hydrogen (secondary N) is 2. The molecule has 9 heteroatoms. The highest BCUT2D eigenvalue weighted by Crippen LogP contribution is 2.36. The Morgan fingerprint density at radius 1 is 1.03 bits per heavy atom. The molecule has 33 heavy (non-hydrogen) atoms. The summed E-state index contributed by atoms with van der Waals surface area (Å²) in [5.74, 6) is -0.0267. The average molecular weight is 454 g/mol. The number of fused-ring (bicyclic) bond motifs is 2. The van der Waals surface area contributed by atoms with E-state index in [2.05, 4.69) is 25.1 Å². The summed E-state index contributed by atoms with van der Waals surface area (Å²) in [7, 11) is 0. The summed E-state index contributed by atoms with van der Waals surface area (Å²) in [6, 6.07) is 13.0. The van der Waals surface area contributed by atoms with Gasteiger partial charge >= 0.3 is 0 Å². The zero-order valence-corrected chi connectivity index (χ0v) is 18.1. The first kappa shape index (κ1) is 19.4. The molecule has 0 fully saturated rings. The number of benzene rings is 1. The number of hydrogen-bond donors (Lipinski definition) is 2. The predicted molar refractivity (Wildman–Crippen MR) is 125 cm³/mol. The van der Waals surface area contributed by atoms with Gasteiger partial charge in [0.15, 0.2) is 17.4 Å². The molecular formula is C24H15FN6OS. The highest BCUT2D eigenvalue weighted by Gasteiger charge is 2.21. The minimum absolute atomic E-state index is 0.0256. The van der Waals surface area contributed by atoms with Gasteiger partial charge in [-0.3, -0.25) is 19.9 Å². The topological polar surface area (TPSA) is 100 Å². The molecule has 2 N–H and O–H groups in total. The number of para-hydroxylation sites is 1. The molecule has 5 aromatic heterocycles. The number of aromatic amines is 2. The molecule has 0 unspecified atom stereocenters. The lowest BCUT2D eigenvalue weighted by Crippen LogP contribution is -1.92. The Labute approximate surface area is 190 Å². The quantitative estimate of drug-likeness (QED) is 0.336. The highest BCUT2D eigenvalue weighted by atomic mass is 32.1. The summed E-state index contributed by atoms with van der Waals surface area (Å²) in [6.07, 6.45) is 4.75. The number of H-pyrrole nitrogens is 2. The van der Waals surface area contributed by atoms with Gasteiger partial charge in [-0.05, 0) is 37.3 Å². The first-order valence-electron chi connectivity index (χ1n) is 10.1. The Morgan fingerprint density at radius 3 is 2.73 bits per heavy atom. The van der Waals surface area contributed by atoms with Crippen LogP contribution in [0.25, 0.3) is 55.2 Å². The van der Waals surface area contributed by atoms with Crippen molar-refractivity contribution in [2.45, 2.75) is 6.92 Å². The maximum atomic E-state index is 15.6. The summed E-state index contributed by atoms with van der Waals surface area (Å²) in [5, 5.41) is 7.48. The number of thiophene rings is 1. The second-order valence-electron chi connectivity index (χ2n) is 7.53. The SMILES string of the molecule is CC(=O)c1ccc(-c2cccc3[nH]c(-c4n[nH]c5cnc(-c6cccnc6)c(F)c45)nc23)s1. The van der Waals surface area contributed by atoms with Crippen LogP contribution < -0.4 is 0 Å². The summed E-state index contributed by atoms with van der Waals surface area (Å²) in [5.41, 5.74) is 4.03. The Bertz CT molecular complexity index is 1670. The van der Waals surface area contributed by atoms with Crippen molar-refractivity contribution >= 4 is 39.1 Å². The van der Waals surface area contributed by atoms with Crippen LogP contribution in [0.4, 0.5) is 4.39 Å². The molecule has 0 atom stereocenters.